The lowest BCUT2D eigenvalue weighted by Gasteiger charge is -2.32. The van der Waals surface area contributed by atoms with E-state index in [1.165, 1.54) is 0 Å². The quantitative estimate of drug-likeness (QED) is 0.730. The SMILES string of the molecule is O=C(c1ccncc1)N1CCC[C@H](c2ccnc(-c3cccnc3)n2)C1. The molecule has 0 radical (unpaired) electrons. The summed E-state index contributed by atoms with van der Waals surface area (Å²) in [5.74, 6) is 0.944. The topological polar surface area (TPSA) is 71.9 Å². The van der Waals surface area contributed by atoms with E-state index >= 15 is 0 Å². The Kier molecular flexibility index (Phi) is 4.64. The number of nitrogens with zero attached hydrogens (tertiary/aromatic N) is 5. The first kappa shape index (κ1) is 16.3. The number of carbonyl (C=O) groups excluding carboxylic acids is 1. The molecular weight excluding hydrogens is 326 g/mol. The minimum absolute atomic E-state index is 0.0543. The summed E-state index contributed by atoms with van der Waals surface area (Å²) in [5.41, 5.74) is 2.56. The number of carbonyl (C=O) groups is 1. The summed E-state index contributed by atoms with van der Waals surface area (Å²) in [6, 6.07) is 9.30. The number of rotatable bonds is 3. The first-order valence-corrected chi connectivity index (χ1v) is 8.74. The van der Waals surface area contributed by atoms with Gasteiger partial charge in [0.05, 0.1) is 0 Å². The van der Waals surface area contributed by atoms with Crippen LogP contribution in [0.3, 0.4) is 0 Å². The molecule has 26 heavy (non-hydrogen) atoms. The van der Waals surface area contributed by atoms with E-state index in [-0.39, 0.29) is 11.8 Å². The molecule has 0 aromatic carbocycles. The number of likely N-dealkylation sites (tertiary alicyclic amines) is 1. The lowest BCUT2D eigenvalue weighted by atomic mass is 9.94. The smallest absolute Gasteiger partial charge is 0.253 e. The van der Waals surface area contributed by atoms with Gasteiger partial charge in [0.25, 0.3) is 5.91 Å². The van der Waals surface area contributed by atoms with Gasteiger partial charge in [-0.1, -0.05) is 0 Å². The van der Waals surface area contributed by atoms with E-state index in [9.17, 15) is 4.79 Å². The second kappa shape index (κ2) is 7.39. The molecule has 3 aromatic heterocycles. The summed E-state index contributed by atoms with van der Waals surface area (Å²) in [7, 11) is 0. The third-order valence-corrected chi connectivity index (χ3v) is 4.65. The largest absolute Gasteiger partial charge is 0.338 e. The number of piperidine rings is 1. The van der Waals surface area contributed by atoms with Crippen LogP contribution < -0.4 is 0 Å². The van der Waals surface area contributed by atoms with E-state index in [4.69, 9.17) is 4.98 Å². The van der Waals surface area contributed by atoms with Crippen LogP contribution in [0.1, 0.15) is 34.8 Å². The summed E-state index contributed by atoms with van der Waals surface area (Å²) in [6.07, 6.45) is 10.6. The zero-order valence-electron chi connectivity index (χ0n) is 14.3. The second-order valence-corrected chi connectivity index (χ2v) is 6.37. The summed E-state index contributed by atoms with van der Waals surface area (Å²) in [6.45, 7) is 1.45. The van der Waals surface area contributed by atoms with E-state index in [0.717, 1.165) is 30.6 Å². The van der Waals surface area contributed by atoms with Crippen molar-refractivity contribution in [3.8, 4) is 11.4 Å². The average Bonchev–Trinajstić information content (AvgIpc) is 2.75. The van der Waals surface area contributed by atoms with Crippen LogP contribution in [0, 0.1) is 0 Å². The average molecular weight is 345 g/mol. The van der Waals surface area contributed by atoms with Crippen LogP contribution in [-0.4, -0.2) is 43.8 Å². The van der Waals surface area contributed by atoms with Crippen molar-refractivity contribution in [1.82, 2.24) is 24.8 Å². The number of hydrogen-bond donors (Lipinski definition) is 0. The van der Waals surface area contributed by atoms with Gasteiger partial charge in [-0.3, -0.25) is 14.8 Å². The Hall–Kier alpha value is -3.15. The molecule has 0 spiro atoms. The van der Waals surface area contributed by atoms with Crippen molar-refractivity contribution < 1.29 is 4.79 Å². The number of pyridine rings is 2. The fourth-order valence-corrected chi connectivity index (χ4v) is 3.31. The Bertz CT molecular complexity index is 885. The van der Waals surface area contributed by atoms with Crippen LogP contribution in [0.15, 0.2) is 61.3 Å². The Morgan fingerprint density at radius 1 is 1.04 bits per heavy atom. The van der Waals surface area contributed by atoms with Gasteiger partial charge < -0.3 is 4.90 Å². The summed E-state index contributed by atoms with van der Waals surface area (Å²) >= 11 is 0. The molecule has 0 bridgehead atoms. The van der Waals surface area contributed by atoms with Gasteiger partial charge in [0, 0.05) is 66.8 Å². The van der Waals surface area contributed by atoms with Gasteiger partial charge in [0.1, 0.15) is 0 Å². The predicted molar refractivity (Wildman–Crippen MR) is 97.4 cm³/mol. The van der Waals surface area contributed by atoms with Gasteiger partial charge in [0.2, 0.25) is 0 Å². The van der Waals surface area contributed by atoms with E-state index in [1.807, 2.05) is 23.1 Å². The van der Waals surface area contributed by atoms with Crippen molar-refractivity contribution in [2.24, 2.45) is 0 Å². The van der Waals surface area contributed by atoms with Crippen LogP contribution in [0.2, 0.25) is 0 Å². The standard InChI is InChI=1S/C20H19N5O/c26-20(15-5-9-21-10-6-15)25-12-2-4-17(14-25)18-7-11-23-19(24-18)16-3-1-8-22-13-16/h1,3,5-11,13,17H,2,4,12,14H2/t17-/m0/s1. The van der Waals surface area contributed by atoms with Crippen molar-refractivity contribution in [1.29, 1.82) is 0 Å². The van der Waals surface area contributed by atoms with Crippen molar-refractivity contribution in [3.05, 3.63) is 72.6 Å². The Morgan fingerprint density at radius 2 is 1.92 bits per heavy atom. The molecule has 1 fully saturated rings. The molecule has 4 heterocycles. The highest BCUT2D eigenvalue weighted by Crippen LogP contribution is 2.27. The van der Waals surface area contributed by atoms with Crippen LogP contribution in [0.25, 0.3) is 11.4 Å². The predicted octanol–water partition coefficient (Wildman–Crippen LogP) is 2.95. The highest BCUT2D eigenvalue weighted by Gasteiger charge is 2.26. The molecule has 1 saturated heterocycles. The highest BCUT2D eigenvalue weighted by molar-refractivity contribution is 5.94. The molecule has 1 atom stereocenters. The Balaban J connectivity index is 1.54. The van der Waals surface area contributed by atoms with Crippen molar-refractivity contribution in [2.75, 3.05) is 13.1 Å². The Morgan fingerprint density at radius 3 is 2.73 bits per heavy atom. The minimum atomic E-state index is 0.0543. The fourth-order valence-electron chi connectivity index (χ4n) is 3.31. The van der Waals surface area contributed by atoms with E-state index in [2.05, 4.69) is 15.0 Å². The molecule has 0 N–H and O–H groups in total. The van der Waals surface area contributed by atoms with Gasteiger partial charge in [-0.2, -0.15) is 0 Å². The molecule has 0 unspecified atom stereocenters. The molecule has 0 saturated carbocycles. The minimum Gasteiger partial charge on any atom is -0.338 e. The van der Waals surface area contributed by atoms with E-state index in [1.54, 1.807) is 43.1 Å². The van der Waals surface area contributed by atoms with E-state index < -0.39 is 0 Å². The molecule has 6 nitrogen and oxygen atoms in total. The molecule has 1 aliphatic heterocycles. The molecule has 1 aliphatic rings. The fraction of sp³-hybridized carbons (Fsp3) is 0.250. The summed E-state index contributed by atoms with van der Waals surface area (Å²) in [5, 5.41) is 0. The van der Waals surface area contributed by atoms with Gasteiger partial charge in [-0.15, -0.1) is 0 Å². The first-order valence-electron chi connectivity index (χ1n) is 8.74. The first-order chi connectivity index (χ1) is 12.8. The summed E-state index contributed by atoms with van der Waals surface area (Å²) in [4.78, 5) is 31.9. The molecule has 0 aliphatic carbocycles. The van der Waals surface area contributed by atoms with Crippen molar-refractivity contribution >= 4 is 5.91 Å². The van der Waals surface area contributed by atoms with Crippen molar-refractivity contribution in [3.63, 3.8) is 0 Å². The normalized spacial score (nSPS) is 17.1. The van der Waals surface area contributed by atoms with Gasteiger partial charge in [-0.25, -0.2) is 9.97 Å². The molecule has 1 amide bonds. The zero-order chi connectivity index (χ0) is 17.8. The maximum Gasteiger partial charge on any atom is 0.253 e. The third-order valence-electron chi connectivity index (χ3n) is 4.65. The van der Waals surface area contributed by atoms with Gasteiger partial charge in [0.15, 0.2) is 5.82 Å². The number of hydrogen-bond acceptors (Lipinski definition) is 5. The molecule has 6 heteroatoms. The maximum atomic E-state index is 12.7. The van der Waals surface area contributed by atoms with Crippen LogP contribution in [0.4, 0.5) is 0 Å². The lowest BCUT2D eigenvalue weighted by Crippen LogP contribution is -2.39. The molecular formula is C20H19N5O. The zero-order valence-corrected chi connectivity index (χ0v) is 14.3. The molecule has 4 rings (SSSR count). The summed E-state index contributed by atoms with van der Waals surface area (Å²) < 4.78 is 0. The van der Waals surface area contributed by atoms with Crippen LogP contribution in [-0.2, 0) is 0 Å². The van der Waals surface area contributed by atoms with Crippen LogP contribution in [0.5, 0.6) is 0 Å². The Labute approximate surface area is 152 Å². The second-order valence-electron chi connectivity index (χ2n) is 6.37. The monoisotopic (exact) mass is 345 g/mol. The highest BCUT2D eigenvalue weighted by atomic mass is 16.2. The van der Waals surface area contributed by atoms with Crippen LogP contribution >= 0.6 is 0 Å². The van der Waals surface area contributed by atoms with E-state index in [0.29, 0.717) is 17.9 Å². The van der Waals surface area contributed by atoms with Gasteiger partial charge >= 0.3 is 0 Å². The lowest BCUT2D eigenvalue weighted by molar-refractivity contribution is 0.0706. The number of aromatic nitrogens is 4. The van der Waals surface area contributed by atoms with Gasteiger partial charge in [-0.05, 0) is 43.2 Å². The molecule has 130 valence electrons. The number of amides is 1. The van der Waals surface area contributed by atoms with Crippen molar-refractivity contribution in [2.45, 2.75) is 18.8 Å². The third kappa shape index (κ3) is 3.44. The molecule has 3 aromatic rings. The maximum absolute atomic E-state index is 12.7.